The molecule has 4 aromatic rings. The van der Waals surface area contributed by atoms with Crippen molar-refractivity contribution in [3.05, 3.63) is 83.3 Å². The summed E-state index contributed by atoms with van der Waals surface area (Å²) in [5.41, 5.74) is 6.71. The molecule has 1 amide bonds. The van der Waals surface area contributed by atoms with Crippen LogP contribution in [0.4, 0.5) is 5.69 Å². The molecule has 0 radical (unpaired) electrons. The highest BCUT2D eigenvalue weighted by molar-refractivity contribution is 6.07. The zero-order valence-electron chi connectivity index (χ0n) is 18.3. The minimum Gasteiger partial charge on any atom is -0.461 e. The van der Waals surface area contributed by atoms with Crippen LogP contribution in [0.5, 0.6) is 0 Å². The molecule has 0 spiro atoms. The van der Waals surface area contributed by atoms with Gasteiger partial charge >= 0.3 is 0 Å². The molecule has 160 valence electrons. The van der Waals surface area contributed by atoms with Gasteiger partial charge < -0.3 is 14.7 Å². The van der Waals surface area contributed by atoms with Crippen molar-refractivity contribution < 1.29 is 14.0 Å². The number of carbonyl (C=O) groups is 2. The van der Waals surface area contributed by atoms with E-state index in [2.05, 4.69) is 49.3 Å². The summed E-state index contributed by atoms with van der Waals surface area (Å²) in [5, 5.41) is 4.09. The molecule has 5 rings (SSSR count). The number of aromatic nitrogens is 1. The number of fused-ring (bicyclic) bond motifs is 5. The predicted molar refractivity (Wildman–Crippen MR) is 127 cm³/mol. The number of carbonyl (C=O) groups excluding carboxylic acids is 2. The second-order valence-corrected chi connectivity index (χ2v) is 9.19. The highest BCUT2D eigenvalue weighted by Gasteiger charge is 2.24. The van der Waals surface area contributed by atoms with Crippen molar-refractivity contribution >= 4 is 34.4 Å². The topological polar surface area (TPSA) is 75.1 Å². The summed E-state index contributed by atoms with van der Waals surface area (Å²) in [4.78, 5) is 28.4. The first-order valence-corrected chi connectivity index (χ1v) is 10.6. The van der Waals surface area contributed by atoms with Gasteiger partial charge in [0.05, 0.1) is 24.1 Å². The predicted octanol–water partition coefficient (Wildman–Crippen LogP) is 6.12. The van der Waals surface area contributed by atoms with Gasteiger partial charge in [0, 0.05) is 16.5 Å². The van der Waals surface area contributed by atoms with Gasteiger partial charge in [-0.25, -0.2) is 0 Å². The molecule has 2 aromatic heterocycles. The molecular weight excluding hydrogens is 400 g/mol. The summed E-state index contributed by atoms with van der Waals surface area (Å²) >= 11 is 0. The molecule has 1 aliphatic rings. The number of ketones is 1. The number of H-pyrrole nitrogens is 1. The van der Waals surface area contributed by atoms with Crippen molar-refractivity contribution in [1.29, 1.82) is 0 Å². The van der Waals surface area contributed by atoms with Gasteiger partial charge in [0.2, 0.25) is 11.7 Å². The van der Waals surface area contributed by atoms with E-state index in [1.54, 1.807) is 18.2 Å². The first-order valence-electron chi connectivity index (χ1n) is 10.6. The summed E-state index contributed by atoms with van der Waals surface area (Å²) in [7, 11) is 0. The standard InChI is InChI=1S/C27H24N2O3/c1-27(2,3)17-8-10-21-18(14-17)19-15-25(31)28-22-9-6-16(13-20(22)26(19)29-21)7-11-23(30)24-5-4-12-32-24/h4-14,29H,15H2,1-3H3,(H,28,31)/b11-7+. The lowest BCUT2D eigenvalue weighted by Crippen LogP contribution is -2.13. The second kappa shape index (κ2) is 7.38. The monoisotopic (exact) mass is 424 g/mol. The van der Waals surface area contributed by atoms with Crippen molar-refractivity contribution in [3.8, 4) is 11.3 Å². The van der Waals surface area contributed by atoms with E-state index in [1.807, 2.05) is 18.2 Å². The maximum absolute atomic E-state index is 12.7. The molecule has 3 heterocycles. The zero-order valence-corrected chi connectivity index (χ0v) is 18.3. The van der Waals surface area contributed by atoms with Crippen molar-refractivity contribution in [2.75, 3.05) is 5.32 Å². The molecule has 0 unspecified atom stereocenters. The normalized spacial score (nSPS) is 13.7. The molecule has 0 fully saturated rings. The zero-order chi connectivity index (χ0) is 22.5. The number of amides is 1. The Morgan fingerprint density at radius 1 is 1.09 bits per heavy atom. The molecule has 5 nitrogen and oxygen atoms in total. The SMILES string of the molecule is CC(C)(C)c1ccc2[nH]c3c(c2c1)CC(=O)Nc1ccc(/C=C/C(=O)c2ccco2)cc1-3. The summed E-state index contributed by atoms with van der Waals surface area (Å²) in [6.07, 6.45) is 5.05. The number of hydrogen-bond acceptors (Lipinski definition) is 3. The van der Waals surface area contributed by atoms with Crippen molar-refractivity contribution in [1.82, 2.24) is 4.98 Å². The van der Waals surface area contributed by atoms with E-state index < -0.39 is 0 Å². The molecule has 2 aromatic carbocycles. The lowest BCUT2D eigenvalue weighted by Gasteiger charge is -2.19. The lowest BCUT2D eigenvalue weighted by atomic mass is 9.86. The van der Waals surface area contributed by atoms with Crippen LogP contribution >= 0.6 is 0 Å². The minimum atomic E-state index is -0.195. The van der Waals surface area contributed by atoms with E-state index in [0.717, 1.165) is 39.0 Å². The lowest BCUT2D eigenvalue weighted by molar-refractivity contribution is -0.115. The largest absolute Gasteiger partial charge is 0.461 e. The molecule has 0 bridgehead atoms. The van der Waals surface area contributed by atoms with Gasteiger partial charge in [-0.05, 0) is 64.6 Å². The average molecular weight is 425 g/mol. The van der Waals surface area contributed by atoms with Crippen LogP contribution in [0.2, 0.25) is 0 Å². The molecule has 2 N–H and O–H groups in total. The number of aromatic amines is 1. The Morgan fingerprint density at radius 2 is 1.94 bits per heavy atom. The van der Waals surface area contributed by atoms with Crippen LogP contribution in [0.1, 0.15) is 48.0 Å². The second-order valence-electron chi connectivity index (χ2n) is 9.19. The summed E-state index contributed by atoms with van der Waals surface area (Å²) in [5.74, 6) is 0.0680. The van der Waals surface area contributed by atoms with Crippen LogP contribution in [0, 0.1) is 0 Å². The van der Waals surface area contributed by atoms with E-state index in [0.29, 0.717) is 12.2 Å². The number of benzene rings is 2. The number of hydrogen-bond donors (Lipinski definition) is 2. The van der Waals surface area contributed by atoms with Gasteiger partial charge in [-0.1, -0.05) is 39.0 Å². The average Bonchev–Trinajstić information content (AvgIpc) is 3.38. The molecule has 0 aliphatic carbocycles. The van der Waals surface area contributed by atoms with Crippen LogP contribution in [0.3, 0.4) is 0 Å². The fourth-order valence-electron chi connectivity index (χ4n) is 4.14. The van der Waals surface area contributed by atoms with Crippen LogP contribution in [-0.2, 0) is 16.6 Å². The summed E-state index contributed by atoms with van der Waals surface area (Å²) in [6, 6.07) is 15.5. The smallest absolute Gasteiger partial charge is 0.228 e. The number of allylic oxidation sites excluding steroid dienone is 1. The summed E-state index contributed by atoms with van der Waals surface area (Å²) < 4.78 is 5.16. The van der Waals surface area contributed by atoms with E-state index in [9.17, 15) is 9.59 Å². The highest BCUT2D eigenvalue weighted by Crippen LogP contribution is 2.39. The van der Waals surface area contributed by atoms with Crippen LogP contribution < -0.4 is 5.32 Å². The van der Waals surface area contributed by atoms with Gasteiger partial charge in [-0.3, -0.25) is 9.59 Å². The third-order valence-electron chi connectivity index (χ3n) is 5.89. The van der Waals surface area contributed by atoms with Crippen LogP contribution in [-0.4, -0.2) is 16.7 Å². The van der Waals surface area contributed by atoms with Crippen LogP contribution in [0.25, 0.3) is 28.2 Å². The van der Waals surface area contributed by atoms with Gasteiger partial charge in [-0.2, -0.15) is 0 Å². The maximum Gasteiger partial charge on any atom is 0.228 e. The van der Waals surface area contributed by atoms with E-state index in [-0.39, 0.29) is 17.1 Å². The van der Waals surface area contributed by atoms with Gasteiger partial charge in [-0.15, -0.1) is 0 Å². The number of anilines is 1. The van der Waals surface area contributed by atoms with Crippen LogP contribution in [0.15, 0.2) is 65.3 Å². The molecule has 0 saturated heterocycles. The van der Waals surface area contributed by atoms with Gasteiger partial charge in [0.1, 0.15) is 0 Å². The van der Waals surface area contributed by atoms with E-state index in [1.165, 1.54) is 17.9 Å². The molecular formula is C27H24N2O3. The Morgan fingerprint density at radius 3 is 2.69 bits per heavy atom. The fraction of sp³-hybridized carbons (Fsp3) is 0.185. The van der Waals surface area contributed by atoms with Crippen molar-refractivity contribution in [2.45, 2.75) is 32.6 Å². The molecule has 0 saturated carbocycles. The molecule has 5 heteroatoms. The molecule has 1 aliphatic heterocycles. The Labute approximate surface area is 186 Å². The fourth-order valence-corrected chi connectivity index (χ4v) is 4.14. The maximum atomic E-state index is 12.7. The third kappa shape index (κ3) is 3.56. The quantitative estimate of drug-likeness (QED) is 0.307. The Bertz CT molecular complexity index is 1380. The van der Waals surface area contributed by atoms with E-state index in [4.69, 9.17) is 4.42 Å². The Kier molecular flexibility index (Phi) is 4.63. The molecule has 32 heavy (non-hydrogen) atoms. The Hall–Kier alpha value is -3.86. The highest BCUT2D eigenvalue weighted by atomic mass is 16.3. The van der Waals surface area contributed by atoms with Gasteiger partial charge in [0.25, 0.3) is 0 Å². The first kappa shape index (κ1) is 20.1. The van der Waals surface area contributed by atoms with Crippen molar-refractivity contribution in [2.24, 2.45) is 0 Å². The number of rotatable bonds is 3. The molecule has 0 atom stereocenters. The van der Waals surface area contributed by atoms with E-state index >= 15 is 0 Å². The van der Waals surface area contributed by atoms with Gasteiger partial charge in [0.15, 0.2) is 5.76 Å². The minimum absolute atomic E-state index is 0.0156. The van der Waals surface area contributed by atoms with Crippen molar-refractivity contribution in [3.63, 3.8) is 0 Å². The first-order chi connectivity index (χ1) is 15.3. The Balaban J connectivity index is 1.61. The number of furan rings is 1. The number of nitrogens with one attached hydrogen (secondary N) is 2. The summed E-state index contributed by atoms with van der Waals surface area (Å²) in [6.45, 7) is 6.55. The third-order valence-corrected chi connectivity index (χ3v) is 5.89.